The molecule has 0 saturated carbocycles. The lowest BCUT2D eigenvalue weighted by atomic mass is 10.3. The monoisotopic (exact) mass is 346 g/mol. The predicted octanol–water partition coefficient (Wildman–Crippen LogP) is 3.11. The minimum absolute atomic E-state index is 0.0488. The number of benzene rings is 1. The molecule has 0 spiro atoms. The Bertz CT molecular complexity index is 732. The van der Waals surface area contributed by atoms with Crippen LogP contribution in [0.3, 0.4) is 0 Å². The molecule has 6 nitrogen and oxygen atoms in total. The molecule has 2 rings (SSSR count). The van der Waals surface area contributed by atoms with Gasteiger partial charge in [-0.15, -0.1) is 0 Å². The summed E-state index contributed by atoms with van der Waals surface area (Å²) in [5.41, 5.74) is 0.519. The number of sulfone groups is 1. The molecule has 0 aliphatic heterocycles. The second-order valence-electron chi connectivity index (χ2n) is 4.17. The van der Waals surface area contributed by atoms with Gasteiger partial charge in [0.2, 0.25) is 16.5 Å². The third-order valence-electron chi connectivity index (χ3n) is 2.50. The fraction of sp³-hybridized carbons (Fsp3) is 0.250. The topological polar surface area (TPSA) is 84.8 Å². The van der Waals surface area contributed by atoms with Crippen molar-refractivity contribution in [1.29, 1.82) is 0 Å². The van der Waals surface area contributed by atoms with E-state index in [1.165, 1.54) is 6.07 Å². The minimum Gasteiger partial charge on any atom is -0.324 e. The molecule has 0 aliphatic carbocycles. The zero-order chi connectivity index (χ0) is 15.5. The molecule has 1 N–H and O–H groups in total. The first-order valence-corrected chi connectivity index (χ1v) is 8.48. The smallest absolute Gasteiger partial charge is 0.232 e. The van der Waals surface area contributed by atoms with Crippen molar-refractivity contribution in [3.8, 4) is 0 Å². The Morgan fingerprint density at radius 1 is 1.14 bits per heavy atom. The highest BCUT2D eigenvalue weighted by Crippen LogP contribution is 2.20. The van der Waals surface area contributed by atoms with Gasteiger partial charge in [0, 0.05) is 5.69 Å². The van der Waals surface area contributed by atoms with Crippen LogP contribution in [0.1, 0.15) is 13.3 Å². The predicted molar refractivity (Wildman–Crippen MR) is 81.9 cm³/mol. The first-order valence-electron chi connectivity index (χ1n) is 6.07. The van der Waals surface area contributed by atoms with Crippen LogP contribution in [-0.2, 0) is 9.84 Å². The Morgan fingerprint density at radius 3 is 2.43 bits per heavy atom. The van der Waals surface area contributed by atoms with Gasteiger partial charge in [-0.25, -0.2) is 8.42 Å². The molecule has 1 aromatic carbocycles. The fourth-order valence-corrected chi connectivity index (χ4v) is 3.39. The summed E-state index contributed by atoms with van der Waals surface area (Å²) in [6, 6.07) is 6.38. The van der Waals surface area contributed by atoms with E-state index >= 15 is 0 Å². The molecule has 0 unspecified atom stereocenters. The largest absolute Gasteiger partial charge is 0.324 e. The maximum Gasteiger partial charge on any atom is 0.232 e. The molecule has 0 fully saturated rings. The minimum atomic E-state index is -3.29. The molecule has 0 amide bonds. The lowest BCUT2D eigenvalue weighted by Gasteiger charge is -2.08. The number of hydrogen-bond acceptors (Lipinski definition) is 6. The second-order valence-corrected chi connectivity index (χ2v) is 6.95. The van der Waals surface area contributed by atoms with E-state index < -0.39 is 9.84 Å². The molecule has 21 heavy (non-hydrogen) atoms. The molecule has 2 aromatic rings. The quantitative estimate of drug-likeness (QED) is 0.895. The molecular formula is C12H12Cl2N4O2S. The van der Waals surface area contributed by atoms with E-state index in [0.29, 0.717) is 12.1 Å². The van der Waals surface area contributed by atoms with Crippen LogP contribution in [0.5, 0.6) is 0 Å². The van der Waals surface area contributed by atoms with E-state index in [9.17, 15) is 8.42 Å². The highest BCUT2D eigenvalue weighted by atomic mass is 35.5. The van der Waals surface area contributed by atoms with Gasteiger partial charge in [0.05, 0.1) is 10.6 Å². The van der Waals surface area contributed by atoms with Crippen LogP contribution in [0.25, 0.3) is 0 Å². The van der Waals surface area contributed by atoms with E-state index in [2.05, 4.69) is 20.3 Å². The van der Waals surface area contributed by atoms with Crippen molar-refractivity contribution >= 4 is 44.7 Å². The summed E-state index contributed by atoms with van der Waals surface area (Å²) in [7, 11) is -3.29. The summed E-state index contributed by atoms with van der Waals surface area (Å²) in [6.07, 6.45) is 0.554. The Hall–Kier alpha value is -1.44. The van der Waals surface area contributed by atoms with Gasteiger partial charge in [-0.1, -0.05) is 13.0 Å². The van der Waals surface area contributed by atoms with Crippen molar-refractivity contribution in [2.45, 2.75) is 18.2 Å². The van der Waals surface area contributed by atoms with Crippen LogP contribution < -0.4 is 5.32 Å². The van der Waals surface area contributed by atoms with Crippen LogP contribution in [0.2, 0.25) is 10.6 Å². The van der Waals surface area contributed by atoms with Gasteiger partial charge in [-0.2, -0.15) is 15.0 Å². The van der Waals surface area contributed by atoms with E-state index in [1.54, 1.807) is 18.2 Å². The number of aromatic nitrogens is 3. The number of nitrogens with one attached hydrogen (secondary N) is 1. The van der Waals surface area contributed by atoms with Crippen LogP contribution in [0, 0.1) is 0 Å². The highest BCUT2D eigenvalue weighted by molar-refractivity contribution is 7.91. The second kappa shape index (κ2) is 6.55. The first kappa shape index (κ1) is 15.9. The Kier molecular flexibility index (Phi) is 4.97. The zero-order valence-electron chi connectivity index (χ0n) is 11.0. The van der Waals surface area contributed by atoms with Gasteiger partial charge in [-0.05, 0) is 47.8 Å². The van der Waals surface area contributed by atoms with Crippen LogP contribution in [0.15, 0.2) is 29.2 Å². The summed E-state index contributed by atoms with van der Waals surface area (Å²) < 4.78 is 24.1. The van der Waals surface area contributed by atoms with E-state index in [1.807, 2.05) is 6.92 Å². The molecule has 9 heteroatoms. The molecule has 0 aliphatic rings. The number of hydrogen-bond donors (Lipinski definition) is 1. The average Bonchev–Trinajstić information content (AvgIpc) is 2.37. The number of nitrogens with zero attached hydrogens (tertiary/aromatic N) is 3. The Morgan fingerprint density at radius 2 is 1.81 bits per heavy atom. The third-order valence-corrected chi connectivity index (χ3v) is 4.76. The summed E-state index contributed by atoms with van der Waals surface area (Å²) in [6.45, 7) is 1.81. The van der Waals surface area contributed by atoms with Crippen molar-refractivity contribution in [1.82, 2.24) is 15.0 Å². The molecule has 0 bridgehead atoms. The number of rotatable bonds is 5. The molecular weight excluding hydrogens is 335 g/mol. The zero-order valence-corrected chi connectivity index (χ0v) is 13.4. The Labute approximate surface area is 132 Å². The highest BCUT2D eigenvalue weighted by Gasteiger charge is 2.13. The third kappa shape index (κ3) is 4.26. The van der Waals surface area contributed by atoms with Crippen molar-refractivity contribution in [2.24, 2.45) is 0 Å². The number of halogens is 2. The van der Waals surface area contributed by atoms with Gasteiger partial charge in [0.15, 0.2) is 9.84 Å². The molecule has 1 heterocycles. The molecule has 0 atom stereocenters. The lowest BCUT2D eigenvalue weighted by Crippen LogP contribution is -2.06. The first-order chi connectivity index (χ1) is 9.90. The molecule has 0 saturated heterocycles. The van der Waals surface area contributed by atoms with Gasteiger partial charge < -0.3 is 5.32 Å². The molecule has 1 aromatic heterocycles. The van der Waals surface area contributed by atoms with Crippen molar-refractivity contribution in [2.75, 3.05) is 11.1 Å². The van der Waals surface area contributed by atoms with E-state index in [-0.39, 0.29) is 27.2 Å². The molecule has 0 radical (unpaired) electrons. The van der Waals surface area contributed by atoms with Crippen LogP contribution in [-0.4, -0.2) is 29.1 Å². The van der Waals surface area contributed by atoms with Gasteiger partial charge in [-0.3, -0.25) is 0 Å². The summed E-state index contributed by atoms with van der Waals surface area (Å²) in [4.78, 5) is 11.6. The van der Waals surface area contributed by atoms with Crippen molar-refractivity contribution in [3.63, 3.8) is 0 Å². The normalized spacial score (nSPS) is 11.4. The SMILES string of the molecule is CCCS(=O)(=O)c1cccc(Nc2nc(Cl)nc(Cl)n2)c1. The maximum atomic E-state index is 12.0. The van der Waals surface area contributed by atoms with Crippen LogP contribution in [0.4, 0.5) is 11.6 Å². The standard InChI is InChI=1S/C12H12Cl2N4O2S/c1-2-6-21(19,20)9-5-3-4-8(7-9)15-12-17-10(13)16-11(14)18-12/h3-5,7H,2,6H2,1H3,(H,15,16,17,18). The van der Waals surface area contributed by atoms with E-state index in [4.69, 9.17) is 23.2 Å². The van der Waals surface area contributed by atoms with Gasteiger partial charge in [0.25, 0.3) is 0 Å². The summed E-state index contributed by atoms with van der Waals surface area (Å²) >= 11 is 11.4. The average molecular weight is 347 g/mol. The van der Waals surface area contributed by atoms with E-state index in [0.717, 1.165) is 0 Å². The summed E-state index contributed by atoms with van der Waals surface area (Å²) in [5, 5.41) is 2.75. The summed E-state index contributed by atoms with van der Waals surface area (Å²) in [5.74, 6) is 0.241. The number of anilines is 2. The Balaban J connectivity index is 2.30. The van der Waals surface area contributed by atoms with Crippen LogP contribution >= 0.6 is 23.2 Å². The lowest BCUT2D eigenvalue weighted by molar-refractivity contribution is 0.595. The van der Waals surface area contributed by atoms with Crippen molar-refractivity contribution < 1.29 is 8.42 Å². The van der Waals surface area contributed by atoms with Gasteiger partial charge in [0.1, 0.15) is 0 Å². The fourth-order valence-electron chi connectivity index (χ4n) is 1.66. The maximum absolute atomic E-state index is 12.0. The molecule has 112 valence electrons. The van der Waals surface area contributed by atoms with Crippen molar-refractivity contribution in [3.05, 3.63) is 34.8 Å². The van der Waals surface area contributed by atoms with Gasteiger partial charge >= 0.3 is 0 Å².